The summed E-state index contributed by atoms with van der Waals surface area (Å²) >= 11 is 1.37. The van der Waals surface area contributed by atoms with Gasteiger partial charge in [-0.25, -0.2) is 4.98 Å². The van der Waals surface area contributed by atoms with Gasteiger partial charge in [-0.1, -0.05) is 23.8 Å². The summed E-state index contributed by atoms with van der Waals surface area (Å²) in [7, 11) is 0. The van der Waals surface area contributed by atoms with Crippen LogP contribution in [0.3, 0.4) is 0 Å². The van der Waals surface area contributed by atoms with Gasteiger partial charge in [-0.05, 0) is 31.5 Å². The smallest absolute Gasteiger partial charge is 0.312 e. The minimum atomic E-state index is -0.604. The number of aromatic nitrogens is 1. The van der Waals surface area contributed by atoms with Crippen LogP contribution in [-0.4, -0.2) is 28.4 Å². The van der Waals surface area contributed by atoms with Gasteiger partial charge in [-0.15, -0.1) is 11.3 Å². The van der Waals surface area contributed by atoms with Crippen molar-refractivity contribution < 1.29 is 24.0 Å². The maximum Gasteiger partial charge on any atom is 0.312 e. The maximum atomic E-state index is 12.1. The molecule has 1 heterocycles. The summed E-state index contributed by atoms with van der Waals surface area (Å²) < 4.78 is 10.7. The number of ether oxygens (including phenoxy) is 2. The van der Waals surface area contributed by atoms with Gasteiger partial charge in [-0.2, -0.15) is 0 Å². The normalized spacial score (nSPS) is 10.4. The zero-order valence-electron chi connectivity index (χ0n) is 17.5. The van der Waals surface area contributed by atoms with Gasteiger partial charge in [-0.3, -0.25) is 19.7 Å². The highest BCUT2D eigenvalue weighted by Gasteiger charge is 2.14. The molecular formula is C22H21N3O6S. The highest BCUT2D eigenvalue weighted by atomic mass is 32.1. The number of thiazole rings is 1. The van der Waals surface area contributed by atoms with Crippen molar-refractivity contribution in [2.45, 2.75) is 26.9 Å². The molecule has 32 heavy (non-hydrogen) atoms. The first-order valence-electron chi connectivity index (χ1n) is 9.63. The molecule has 0 spiro atoms. The second-order valence-corrected chi connectivity index (χ2v) is 7.92. The number of hydrogen-bond acceptors (Lipinski definition) is 8. The standard InChI is InChI=1S/C22H21N3O6S/c1-14-3-7-18(8-4-14)30-12-21-23-16(13-32-21)9-22(27)31-11-20(26)24-19-10-17(25(28)29)6-5-15(19)2/h3-8,10,13H,9,11-12H2,1-2H3,(H,24,26). The van der Waals surface area contributed by atoms with Gasteiger partial charge in [0.1, 0.15) is 17.4 Å². The van der Waals surface area contributed by atoms with E-state index in [2.05, 4.69) is 10.3 Å². The molecule has 1 N–H and O–H groups in total. The summed E-state index contributed by atoms with van der Waals surface area (Å²) in [5.41, 5.74) is 2.46. The Bertz CT molecular complexity index is 1130. The highest BCUT2D eigenvalue weighted by Crippen LogP contribution is 2.22. The van der Waals surface area contributed by atoms with E-state index in [9.17, 15) is 19.7 Å². The predicted molar refractivity (Wildman–Crippen MR) is 119 cm³/mol. The molecule has 3 rings (SSSR count). The molecule has 1 aromatic heterocycles. The molecule has 0 unspecified atom stereocenters. The zero-order valence-corrected chi connectivity index (χ0v) is 18.3. The number of rotatable bonds is 9. The number of nitro benzene ring substituents is 1. The molecule has 0 bridgehead atoms. The Morgan fingerprint density at radius 2 is 1.91 bits per heavy atom. The lowest BCUT2D eigenvalue weighted by Gasteiger charge is -2.08. The quantitative estimate of drug-likeness (QED) is 0.294. The second-order valence-electron chi connectivity index (χ2n) is 6.98. The Kier molecular flexibility index (Phi) is 7.50. The molecule has 0 saturated heterocycles. The van der Waals surface area contributed by atoms with Gasteiger partial charge in [0.2, 0.25) is 0 Å². The van der Waals surface area contributed by atoms with Gasteiger partial charge in [0.05, 0.1) is 22.7 Å². The summed E-state index contributed by atoms with van der Waals surface area (Å²) in [6.45, 7) is 3.48. The van der Waals surface area contributed by atoms with Crippen molar-refractivity contribution in [3.8, 4) is 5.75 Å². The highest BCUT2D eigenvalue weighted by molar-refractivity contribution is 7.09. The average Bonchev–Trinajstić information content (AvgIpc) is 3.20. The van der Waals surface area contributed by atoms with E-state index in [1.807, 2.05) is 31.2 Å². The number of aryl methyl sites for hydroxylation is 2. The van der Waals surface area contributed by atoms with E-state index in [0.29, 0.717) is 16.3 Å². The van der Waals surface area contributed by atoms with Crippen molar-refractivity contribution in [1.29, 1.82) is 0 Å². The van der Waals surface area contributed by atoms with Crippen molar-refractivity contribution in [2.75, 3.05) is 11.9 Å². The Morgan fingerprint density at radius 3 is 2.62 bits per heavy atom. The van der Waals surface area contributed by atoms with Crippen LogP contribution in [0.15, 0.2) is 47.8 Å². The summed E-state index contributed by atoms with van der Waals surface area (Å²) in [6.07, 6.45) is -0.0792. The summed E-state index contributed by atoms with van der Waals surface area (Å²) in [5, 5.41) is 15.8. The summed E-state index contributed by atoms with van der Waals surface area (Å²) in [5.74, 6) is -0.462. The maximum absolute atomic E-state index is 12.1. The number of carbonyl (C=O) groups excluding carboxylic acids is 2. The SMILES string of the molecule is Cc1ccc(OCc2nc(CC(=O)OCC(=O)Nc3cc([N+](=O)[O-])ccc3C)cs2)cc1. The van der Waals surface area contributed by atoms with Gasteiger partial charge >= 0.3 is 5.97 Å². The number of nitrogens with zero attached hydrogens (tertiary/aromatic N) is 2. The van der Waals surface area contributed by atoms with E-state index in [1.165, 1.54) is 29.5 Å². The van der Waals surface area contributed by atoms with Crippen LogP contribution in [0.5, 0.6) is 5.75 Å². The lowest BCUT2D eigenvalue weighted by Crippen LogP contribution is -2.22. The first-order valence-corrected chi connectivity index (χ1v) is 10.5. The van der Waals surface area contributed by atoms with E-state index in [1.54, 1.807) is 12.3 Å². The number of nitrogens with one attached hydrogen (secondary N) is 1. The lowest BCUT2D eigenvalue weighted by molar-refractivity contribution is -0.384. The number of benzene rings is 2. The van der Waals surface area contributed by atoms with E-state index >= 15 is 0 Å². The van der Waals surface area contributed by atoms with Gasteiger partial charge in [0, 0.05) is 17.5 Å². The number of amides is 1. The molecule has 0 aliphatic heterocycles. The molecule has 0 aliphatic carbocycles. The fourth-order valence-corrected chi connectivity index (χ4v) is 3.37. The topological polar surface area (TPSA) is 121 Å². The molecule has 3 aromatic rings. The van der Waals surface area contributed by atoms with Crippen LogP contribution < -0.4 is 10.1 Å². The third-order valence-electron chi connectivity index (χ3n) is 4.38. The van der Waals surface area contributed by atoms with Gasteiger partial charge in [0.25, 0.3) is 11.6 Å². The Hall–Kier alpha value is -3.79. The van der Waals surface area contributed by atoms with E-state index < -0.39 is 23.4 Å². The Labute approximate surface area is 188 Å². The largest absolute Gasteiger partial charge is 0.486 e. The van der Waals surface area contributed by atoms with Crippen LogP contribution in [0.25, 0.3) is 0 Å². The van der Waals surface area contributed by atoms with E-state index in [4.69, 9.17) is 9.47 Å². The molecule has 0 saturated carbocycles. The minimum Gasteiger partial charge on any atom is -0.486 e. The lowest BCUT2D eigenvalue weighted by atomic mass is 10.2. The van der Waals surface area contributed by atoms with E-state index in [-0.39, 0.29) is 24.4 Å². The predicted octanol–water partition coefficient (Wildman–Crippen LogP) is 3.97. The first kappa shape index (κ1) is 22.9. The number of hydrogen-bond donors (Lipinski definition) is 1. The van der Waals surface area contributed by atoms with Crippen molar-refractivity contribution in [3.63, 3.8) is 0 Å². The fourth-order valence-electron chi connectivity index (χ4n) is 2.67. The number of carbonyl (C=O) groups is 2. The Balaban J connectivity index is 1.45. The number of nitro groups is 1. The zero-order chi connectivity index (χ0) is 23.1. The molecule has 0 aliphatic rings. The minimum absolute atomic E-state index is 0.0792. The molecule has 0 fully saturated rings. The van der Waals surface area contributed by atoms with Crippen molar-refractivity contribution in [1.82, 2.24) is 4.98 Å². The fraction of sp³-hybridized carbons (Fsp3) is 0.227. The number of esters is 1. The number of non-ortho nitro benzene ring substituents is 1. The molecule has 2 aromatic carbocycles. The van der Waals surface area contributed by atoms with Crippen LogP contribution in [0, 0.1) is 24.0 Å². The molecule has 166 valence electrons. The average molecular weight is 455 g/mol. The van der Waals surface area contributed by atoms with Crippen LogP contribution in [0.4, 0.5) is 11.4 Å². The van der Waals surface area contributed by atoms with Crippen LogP contribution in [0.1, 0.15) is 21.8 Å². The van der Waals surface area contributed by atoms with E-state index in [0.717, 1.165) is 11.3 Å². The second kappa shape index (κ2) is 10.5. The van der Waals surface area contributed by atoms with Gasteiger partial charge < -0.3 is 14.8 Å². The van der Waals surface area contributed by atoms with Crippen LogP contribution >= 0.6 is 11.3 Å². The van der Waals surface area contributed by atoms with Crippen molar-refractivity contribution >= 4 is 34.6 Å². The Morgan fingerprint density at radius 1 is 1.16 bits per heavy atom. The first-order chi connectivity index (χ1) is 15.3. The van der Waals surface area contributed by atoms with Crippen LogP contribution in [-0.2, 0) is 27.4 Å². The van der Waals surface area contributed by atoms with Crippen molar-refractivity contribution in [2.24, 2.45) is 0 Å². The molecule has 0 atom stereocenters. The molecule has 10 heteroatoms. The molecule has 1 amide bonds. The third-order valence-corrected chi connectivity index (χ3v) is 5.25. The monoisotopic (exact) mass is 455 g/mol. The van der Waals surface area contributed by atoms with Crippen molar-refractivity contribution in [3.05, 3.63) is 79.8 Å². The summed E-state index contributed by atoms with van der Waals surface area (Å²) in [6, 6.07) is 11.8. The van der Waals surface area contributed by atoms with Gasteiger partial charge in [0.15, 0.2) is 6.61 Å². The van der Waals surface area contributed by atoms with Crippen LogP contribution in [0.2, 0.25) is 0 Å². The number of anilines is 1. The molecule has 0 radical (unpaired) electrons. The molecular weight excluding hydrogens is 434 g/mol. The summed E-state index contributed by atoms with van der Waals surface area (Å²) in [4.78, 5) is 38.8. The third kappa shape index (κ3) is 6.61. The molecule has 9 nitrogen and oxygen atoms in total.